The molecule has 0 bridgehead atoms. The fourth-order valence-electron chi connectivity index (χ4n) is 2.70. The molecule has 0 radical (unpaired) electrons. The van der Waals surface area contributed by atoms with Crippen LogP contribution < -0.4 is 5.14 Å². The summed E-state index contributed by atoms with van der Waals surface area (Å²) in [5.74, 6) is -1.65. The van der Waals surface area contributed by atoms with Gasteiger partial charge in [0.1, 0.15) is 10.8 Å². The third kappa shape index (κ3) is 3.92. The van der Waals surface area contributed by atoms with Crippen LogP contribution in [0.2, 0.25) is 0 Å². The number of imide groups is 1. The molecule has 27 heavy (non-hydrogen) atoms. The Balaban J connectivity index is 1.75. The van der Waals surface area contributed by atoms with Crippen LogP contribution in [0, 0.1) is 5.82 Å². The molecule has 0 aliphatic carbocycles. The van der Waals surface area contributed by atoms with Crippen LogP contribution in [-0.2, 0) is 26.0 Å². The first-order chi connectivity index (χ1) is 12.7. The van der Waals surface area contributed by atoms with E-state index in [0.717, 1.165) is 4.90 Å². The molecule has 2 aromatic rings. The second-order valence-corrected chi connectivity index (χ2v) is 7.84. The van der Waals surface area contributed by atoms with Crippen molar-refractivity contribution in [2.24, 2.45) is 5.14 Å². The zero-order valence-electron chi connectivity index (χ0n) is 13.9. The van der Waals surface area contributed by atoms with Crippen LogP contribution in [0.1, 0.15) is 11.1 Å². The van der Waals surface area contributed by atoms with E-state index in [4.69, 9.17) is 16.7 Å². The van der Waals surface area contributed by atoms with Gasteiger partial charge in [0, 0.05) is 6.54 Å². The molecule has 0 saturated carbocycles. The molecule has 1 heterocycles. The van der Waals surface area contributed by atoms with Gasteiger partial charge < -0.3 is 0 Å². The van der Waals surface area contributed by atoms with Crippen molar-refractivity contribution in [2.45, 2.75) is 11.3 Å². The molecule has 0 unspecified atom stereocenters. The fraction of sp³-hybridized carbons (Fsp3) is 0.111. The summed E-state index contributed by atoms with van der Waals surface area (Å²) in [6.07, 6.45) is 0.309. The standard InChI is InChI=1S/C18H14ClFN2O4S/c19-16-15(12-3-5-13(20)6-4-12)17(23)22(18(16)24)10-9-11-1-7-14(8-2-11)27(21,25)26/h1-8H,9-10H2,(H2,21,25,26). The van der Waals surface area contributed by atoms with Gasteiger partial charge in [-0.2, -0.15) is 0 Å². The summed E-state index contributed by atoms with van der Waals surface area (Å²) in [5.41, 5.74) is 1.11. The van der Waals surface area contributed by atoms with Gasteiger partial charge in [-0.1, -0.05) is 35.9 Å². The van der Waals surface area contributed by atoms with Crippen molar-refractivity contribution in [1.29, 1.82) is 0 Å². The second kappa shape index (κ2) is 7.22. The predicted octanol–water partition coefficient (Wildman–Crippen LogP) is 2.03. The lowest BCUT2D eigenvalue weighted by atomic mass is 10.1. The number of rotatable bonds is 5. The molecule has 0 spiro atoms. The van der Waals surface area contributed by atoms with Crippen LogP contribution in [0.5, 0.6) is 0 Å². The third-order valence-corrected chi connectivity index (χ3v) is 5.40. The van der Waals surface area contributed by atoms with Crippen LogP contribution in [0.4, 0.5) is 4.39 Å². The SMILES string of the molecule is NS(=O)(=O)c1ccc(CCN2C(=O)C(Cl)=C(c3ccc(F)cc3)C2=O)cc1. The Labute approximate surface area is 160 Å². The maximum Gasteiger partial charge on any atom is 0.273 e. The fourth-order valence-corrected chi connectivity index (χ4v) is 3.51. The van der Waals surface area contributed by atoms with Crippen LogP contribution >= 0.6 is 11.6 Å². The summed E-state index contributed by atoms with van der Waals surface area (Å²) >= 11 is 6.04. The molecule has 0 saturated heterocycles. The van der Waals surface area contributed by atoms with Gasteiger partial charge in [0.25, 0.3) is 11.8 Å². The van der Waals surface area contributed by atoms with Crippen LogP contribution in [0.3, 0.4) is 0 Å². The molecule has 2 aromatic carbocycles. The van der Waals surface area contributed by atoms with E-state index >= 15 is 0 Å². The van der Waals surface area contributed by atoms with E-state index in [-0.39, 0.29) is 22.0 Å². The van der Waals surface area contributed by atoms with Gasteiger partial charge in [-0.05, 0) is 41.8 Å². The summed E-state index contributed by atoms with van der Waals surface area (Å²) in [4.78, 5) is 25.9. The molecule has 9 heteroatoms. The van der Waals surface area contributed by atoms with Crippen LogP contribution in [-0.4, -0.2) is 31.7 Å². The Morgan fingerprint density at radius 3 is 2.11 bits per heavy atom. The zero-order valence-corrected chi connectivity index (χ0v) is 15.4. The highest BCUT2D eigenvalue weighted by molar-refractivity contribution is 7.89. The molecule has 0 aromatic heterocycles. The molecule has 140 valence electrons. The number of primary sulfonamides is 1. The lowest BCUT2D eigenvalue weighted by molar-refractivity contribution is -0.136. The van der Waals surface area contributed by atoms with Crippen molar-refractivity contribution < 1.29 is 22.4 Å². The number of benzene rings is 2. The minimum absolute atomic E-state index is 0.0251. The van der Waals surface area contributed by atoms with Crippen LogP contribution in [0.25, 0.3) is 5.57 Å². The molecule has 1 aliphatic rings. The van der Waals surface area contributed by atoms with E-state index in [2.05, 4.69) is 0 Å². The van der Waals surface area contributed by atoms with Crippen molar-refractivity contribution in [3.05, 3.63) is 70.5 Å². The Morgan fingerprint density at radius 1 is 0.963 bits per heavy atom. The first-order valence-electron chi connectivity index (χ1n) is 7.82. The number of hydrogen-bond donors (Lipinski definition) is 1. The molecule has 0 atom stereocenters. The summed E-state index contributed by atoms with van der Waals surface area (Å²) in [5, 5.41) is 4.83. The van der Waals surface area contributed by atoms with Gasteiger partial charge in [-0.3, -0.25) is 14.5 Å². The Hall–Kier alpha value is -2.55. The maximum atomic E-state index is 13.1. The smallest absolute Gasteiger partial charge is 0.273 e. The van der Waals surface area contributed by atoms with Crippen molar-refractivity contribution >= 4 is 39.0 Å². The number of sulfonamides is 1. The summed E-state index contributed by atoms with van der Waals surface area (Å²) in [7, 11) is -3.79. The number of carbonyl (C=O) groups is 2. The monoisotopic (exact) mass is 408 g/mol. The first kappa shape index (κ1) is 19.2. The molecular weight excluding hydrogens is 395 g/mol. The lowest BCUT2D eigenvalue weighted by Gasteiger charge is -2.15. The number of halogens is 2. The topological polar surface area (TPSA) is 97.5 Å². The van der Waals surface area contributed by atoms with Gasteiger partial charge >= 0.3 is 0 Å². The third-order valence-electron chi connectivity index (χ3n) is 4.12. The molecule has 2 amide bonds. The molecule has 2 N–H and O–H groups in total. The summed E-state index contributed by atoms with van der Waals surface area (Å²) in [6, 6.07) is 10.9. The largest absolute Gasteiger partial charge is 0.273 e. The summed E-state index contributed by atoms with van der Waals surface area (Å²) < 4.78 is 35.6. The van der Waals surface area contributed by atoms with Gasteiger partial charge in [-0.25, -0.2) is 17.9 Å². The highest BCUT2D eigenvalue weighted by Crippen LogP contribution is 2.31. The normalized spacial score (nSPS) is 15.0. The van der Waals surface area contributed by atoms with Crippen molar-refractivity contribution in [2.75, 3.05) is 6.54 Å². The predicted molar refractivity (Wildman–Crippen MR) is 97.4 cm³/mol. The number of carbonyl (C=O) groups excluding carboxylic acids is 2. The quantitative estimate of drug-likeness (QED) is 0.765. The highest BCUT2D eigenvalue weighted by atomic mass is 35.5. The van der Waals surface area contributed by atoms with Gasteiger partial charge in [0.05, 0.1) is 10.5 Å². The lowest BCUT2D eigenvalue weighted by Crippen LogP contribution is -2.33. The Bertz CT molecular complexity index is 1050. The molecule has 1 aliphatic heterocycles. The average molecular weight is 409 g/mol. The van der Waals surface area contributed by atoms with Crippen LogP contribution in [0.15, 0.2) is 58.5 Å². The minimum Gasteiger partial charge on any atom is -0.273 e. The zero-order chi connectivity index (χ0) is 19.8. The molecule has 3 rings (SSSR count). The van der Waals surface area contributed by atoms with E-state index in [9.17, 15) is 22.4 Å². The van der Waals surface area contributed by atoms with E-state index in [1.165, 1.54) is 36.4 Å². The van der Waals surface area contributed by atoms with Gasteiger partial charge in [0.2, 0.25) is 10.0 Å². The number of nitrogens with two attached hydrogens (primary N) is 1. The van der Waals surface area contributed by atoms with E-state index in [0.29, 0.717) is 17.5 Å². The second-order valence-electron chi connectivity index (χ2n) is 5.90. The van der Waals surface area contributed by atoms with E-state index < -0.39 is 27.7 Å². The summed E-state index contributed by atoms with van der Waals surface area (Å²) in [6.45, 7) is 0.0628. The Kier molecular flexibility index (Phi) is 5.14. The van der Waals surface area contributed by atoms with Crippen molar-refractivity contribution in [1.82, 2.24) is 4.90 Å². The van der Waals surface area contributed by atoms with Gasteiger partial charge in [-0.15, -0.1) is 0 Å². The molecular formula is C18H14ClFN2O4S. The Morgan fingerprint density at radius 2 is 1.56 bits per heavy atom. The van der Waals surface area contributed by atoms with Crippen molar-refractivity contribution in [3.63, 3.8) is 0 Å². The highest BCUT2D eigenvalue weighted by Gasteiger charge is 2.37. The van der Waals surface area contributed by atoms with Crippen molar-refractivity contribution in [3.8, 4) is 0 Å². The van der Waals surface area contributed by atoms with E-state index in [1.807, 2.05) is 0 Å². The van der Waals surface area contributed by atoms with E-state index in [1.54, 1.807) is 12.1 Å². The average Bonchev–Trinajstić information content (AvgIpc) is 2.83. The molecule has 6 nitrogen and oxygen atoms in total. The number of nitrogens with zero attached hydrogens (tertiary/aromatic N) is 1. The maximum absolute atomic E-state index is 13.1. The minimum atomic E-state index is -3.79. The molecule has 0 fully saturated rings. The number of amides is 2. The van der Waals surface area contributed by atoms with Gasteiger partial charge in [0.15, 0.2) is 0 Å². The number of hydrogen-bond acceptors (Lipinski definition) is 4. The first-order valence-corrected chi connectivity index (χ1v) is 9.74.